The third kappa shape index (κ3) is 14.7. The molecule has 3 aromatic carbocycles. The quantitative estimate of drug-likeness (QED) is 0.151. The van der Waals surface area contributed by atoms with Gasteiger partial charge in [-0.2, -0.15) is 0 Å². The van der Waals surface area contributed by atoms with E-state index in [0.29, 0.717) is 0 Å². The largest absolute Gasteiger partial charge is 0 e. The van der Waals surface area contributed by atoms with Gasteiger partial charge in [0.05, 0.1) is 0 Å². The van der Waals surface area contributed by atoms with E-state index in [4.69, 9.17) is 34.3 Å². The van der Waals surface area contributed by atoms with Gasteiger partial charge in [-0.1, -0.05) is 91.0 Å². The smallest absolute Gasteiger partial charge is 0 e. The minimum Gasteiger partial charge on any atom is 0 e. The van der Waals surface area contributed by atoms with E-state index in [1.807, 2.05) is 18.2 Å². The molecule has 9 heteroatoms. The van der Waals surface area contributed by atoms with Crippen LogP contribution in [0.3, 0.4) is 0 Å². The topological polar surface area (TPSA) is 119 Å². The van der Waals surface area contributed by atoms with Gasteiger partial charge in [-0.05, 0) is 15.6 Å². The molecule has 0 bridgehead atoms. The van der Waals surface area contributed by atoms with Gasteiger partial charge in [0.2, 0.25) is 8.07 Å². The summed E-state index contributed by atoms with van der Waals surface area (Å²) >= 11 is 0. The predicted molar refractivity (Wildman–Crippen MR) is 116 cm³/mol. The van der Waals surface area contributed by atoms with Gasteiger partial charge in [-0.15, -0.1) is 12.0 Å². The molecule has 178 valence electrons. The summed E-state index contributed by atoms with van der Waals surface area (Å²) in [7, 11) is -2.37. The van der Waals surface area contributed by atoms with Crippen molar-refractivity contribution in [3.05, 3.63) is 131 Å². The first-order valence-corrected chi connectivity index (χ1v) is 10.2. The first-order chi connectivity index (χ1) is 16.4. The first kappa shape index (κ1) is 45.4. The molecule has 0 N–H and O–H groups in total. The summed E-state index contributed by atoms with van der Waals surface area (Å²) in [4.78, 5) is 0. The summed E-state index contributed by atoms with van der Waals surface area (Å²) in [6.45, 7) is 27.0. The Morgan fingerprint density at radius 1 is 0.429 bits per heavy atom. The molecule has 0 aliphatic heterocycles. The molecule has 3 rings (SSSR count). The van der Waals surface area contributed by atoms with E-state index in [-0.39, 0.29) is 33.6 Å². The number of hydrogen-bond donors (Lipinski definition) is 0. The van der Waals surface area contributed by atoms with Crippen molar-refractivity contribution in [2.45, 2.75) is 0 Å². The van der Waals surface area contributed by atoms with E-state index in [9.17, 15) is 0 Å². The van der Waals surface area contributed by atoms with Crippen molar-refractivity contribution >= 4 is 23.6 Å². The minimum atomic E-state index is -2.37. The summed E-state index contributed by atoms with van der Waals surface area (Å²) in [5, 5.41) is 3.76. The fourth-order valence-corrected chi connectivity index (χ4v) is 6.39. The van der Waals surface area contributed by atoms with Gasteiger partial charge in [0.1, 0.15) is 0 Å². The average Bonchev–Trinajstić information content (AvgIpc) is 2.98. The Kier molecular flexibility index (Phi) is 46.0. The molecule has 0 unspecified atom stereocenters. The van der Waals surface area contributed by atoms with Crippen molar-refractivity contribution in [1.29, 1.82) is 0 Å². The summed E-state index contributed by atoms with van der Waals surface area (Å²) in [5.74, 6) is 0. The van der Waals surface area contributed by atoms with Gasteiger partial charge in [-0.3, -0.25) is 0 Å². The Balaban J connectivity index is -0.000000132. The molecule has 0 saturated heterocycles. The molecule has 0 spiro atoms. The number of terminal acetylenes is 1. The maximum atomic E-state index is 7.50. The second-order valence-electron chi connectivity index (χ2n) is 4.99. The molecule has 0 fully saturated rings. The van der Waals surface area contributed by atoms with E-state index >= 15 is 0 Å². The summed E-state index contributed by atoms with van der Waals surface area (Å²) in [6, 6.07) is 31.5. The summed E-state index contributed by atoms with van der Waals surface area (Å²) in [5.41, 5.74) is 3.20. The van der Waals surface area contributed by atoms with Gasteiger partial charge >= 0.3 is 67.8 Å². The van der Waals surface area contributed by atoms with Crippen molar-refractivity contribution in [3.63, 3.8) is 0 Å². The Morgan fingerprint density at radius 2 is 0.600 bits per heavy atom. The zero-order chi connectivity index (χ0) is 26.5. The molecule has 0 aliphatic rings. The third-order valence-corrected chi connectivity index (χ3v) is 7.87. The van der Waals surface area contributed by atoms with Crippen LogP contribution < -0.4 is 15.6 Å². The third-order valence-electron chi connectivity index (χ3n) is 3.84. The normalized spacial score (nSPS) is 6.83. The van der Waals surface area contributed by atoms with Crippen molar-refractivity contribution in [2.24, 2.45) is 0 Å². The molecule has 0 aromatic heterocycles. The molecular formula is C26H16Co2O6Si. The van der Waals surface area contributed by atoms with E-state index in [1.54, 1.807) is 0 Å². The van der Waals surface area contributed by atoms with Gasteiger partial charge < -0.3 is 0 Å². The van der Waals surface area contributed by atoms with Gasteiger partial charge in [0, 0.05) is 33.6 Å². The van der Waals surface area contributed by atoms with Crippen LogP contribution in [0, 0.1) is 51.9 Å². The van der Waals surface area contributed by atoms with Crippen molar-refractivity contribution in [1.82, 2.24) is 0 Å². The molecule has 0 amide bonds. The zero-order valence-corrected chi connectivity index (χ0v) is 20.9. The van der Waals surface area contributed by atoms with Crippen LogP contribution in [0.4, 0.5) is 0 Å². The standard InChI is InChI=1S/C20H16Si.6CO.2Co/c1-2-21(18-12-6-3-7-13-18,19-14-8-4-9-15-19)20-16-10-5-11-17-20;6*1-2;;/h1,3-17H;;;;;;;;. The summed E-state index contributed by atoms with van der Waals surface area (Å²) < 4.78 is 45.0. The Bertz CT molecular complexity index is 880. The number of rotatable bonds is 3. The van der Waals surface area contributed by atoms with Crippen LogP contribution in [0.2, 0.25) is 0 Å². The molecule has 35 heavy (non-hydrogen) atoms. The average molecular weight is 570 g/mol. The van der Waals surface area contributed by atoms with Crippen LogP contribution in [-0.2, 0) is 61.5 Å². The van der Waals surface area contributed by atoms with E-state index in [1.165, 1.54) is 15.6 Å². The van der Waals surface area contributed by atoms with Crippen LogP contribution in [0.25, 0.3) is 0 Å². The first-order valence-electron chi connectivity index (χ1n) is 8.25. The molecule has 0 aliphatic carbocycles. The van der Waals surface area contributed by atoms with Crippen LogP contribution >= 0.6 is 0 Å². The SMILES string of the molecule is C#C[Si](c1ccccc1)(c1ccccc1)c1ccccc1.[C-]#[O+].[C-]#[O+].[C-]#[O+].[C-]#[O+].[C-]#[O+].[C-]#[O+].[Co].[Co]. The molecule has 2 radical (unpaired) electrons. The predicted octanol–water partition coefficient (Wildman–Crippen LogP) is 2.10. The second kappa shape index (κ2) is 35.5. The van der Waals surface area contributed by atoms with Gasteiger partial charge in [0.25, 0.3) is 0 Å². The minimum absolute atomic E-state index is 0. The Morgan fingerprint density at radius 3 is 0.743 bits per heavy atom. The molecule has 0 saturated carbocycles. The fourth-order valence-electron chi connectivity index (χ4n) is 2.81. The Hall–Kier alpha value is -3.11. The van der Waals surface area contributed by atoms with Crippen molar-refractivity contribution in [2.75, 3.05) is 0 Å². The molecular weight excluding hydrogens is 554 g/mol. The second-order valence-corrected chi connectivity index (χ2v) is 8.51. The van der Waals surface area contributed by atoms with E-state index in [2.05, 4.69) is 118 Å². The number of benzene rings is 3. The Labute approximate surface area is 227 Å². The van der Waals surface area contributed by atoms with Crippen LogP contribution in [-0.4, -0.2) is 8.07 Å². The zero-order valence-electron chi connectivity index (χ0n) is 17.9. The number of hydrogen-bond acceptors (Lipinski definition) is 0. The molecule has 0 atom stereocenters. The fraction of sp³-hybridized carbons (Fsp3) is 0. The molecule has 3 aromatic rings. The van der Waals surface area contributed by atoms with Gasteiger partial charge in [-0.25, -0.2) is 0 Å². The maximum Gasteiger partial charge on any atom is 0 e. The van der Waals surface area contributed by atoms with E-state index < -0.39 is 8.07 Å². The van der Waals surface area contributed by atoms with Gasteiger partial charge in [0.15, 0.2) is 0 Å². The van der Waals surface area contributed by atoms with Crippen molar-refractivity contribution in [3.8, 4) is 12.0 Å². The van der Waals surface area contributed by atoms with E-state index in [0.717, 1.165) is 0 Å². The monoisotopic (exact) mass is 570 g/mol. The van der Waals surface area contributed by atoms with Crippen LogP contribution in [0.5, 0.6) is 0 Å². The van der Waals surface area contributed by atoms with Crippen LogP contribution in [0.1, 0.15) is 0 Å². The van der Waals surface area contributed by atoms with Crippen molar-refractivity contribution < 1.29 is 61.5 Å². The maximum absolute atomic E-state index is 7.50. The van der Waals surface area contributed by atoms with Crippen LogP contribution in [0.15, 0.2) is 91.0 Å². The molecule has 6 nitrogen and oxygen atoms in total. The molecule has 0 heterocycles. The summed E-state index contributed by atoms with van der Waals surface area (Å²) in [6.07, 6.45) is 6.12.